The number of ether oxygens (including phenoxy) is 1. The largest absolute Gasteiger partial charge is 0.497 e. The van der Waals surface area contributed by atoms with E-state index in [4.69, 9.17) is 4.74 Å². The number of aromatic amines is 1. The molecule has 1 aromatic heterocycles. The molecule has 2 aliphatic rings. The molecule has 0 atom stereocenters. The predicted octanol–water partition coefficient (Wildman–Crippen LogP) is 3.20. The molecular formula is C24H27N3O4S. The minimum Gasteiger partial charge on any atom is -0.497 e. The summed E-state index contributed by atoms with van der Waals surface area (Å²) in [5.74, 6) is 0.569. The van der Waals surface area contributed by atoms with Crippen molar-refractivity contribution in [1.29, 1.82) is 0 Å². The molecule has 8 heteroatoms. The van der Waals surface area contributed by atoms with E-state index < -0.39 is 10.0 Å². The Labute approximate surface area is 188 Å². The van der Waals surface area contributed by atoms with E-state index in [1.165, 1.54) is 28.4 Å². The van der Waals surface area contributed by atoms with Gasteiger partial charge in [0.2, 0.25) is 10.0 Å². The number of methoxy groups -OCH3 is 1. The van der Waals surface area contributed by atoms with Gasteiger partial charge in [-0.2, -0.15) is 4.31 Å². The van der Waals surface area contributed by atoms with E-state index in [1.54, 1.807) is 36.3 Å². The minimum atomic E-state index is -3.60. The van der Waals surface area contributed by atoms with Crippen LogP contribution in [0, 0.1) is 0 Å². The number of rotatable bonds is 4. The first-order chi connectivity index (χ1) is 15.5. The summed E-state index contributed by atoms with van der Waals surface area (Å²) in [6, 6.07) is 12.2. The number of hydrogen-bond donors (Lipinski definition) is 1. The zero-order chi connectivity index (χ0) is 22.3. The van der Waals surface area contributed by atoms with Crippen molar-refractivity contribution < 1.29 is 17.9 Å². The molecule has 2 aromatic carbocycles. The number of piperazine rings is 1. The predicted molar refractivity (Wildman–Crippen MR) is 123 cm³/mol. The second-order valence-corrected chi connectivity index (χ2v) is 10.4. The molecule has 1 saturated heterocycles. The third-order valence-corrected chi connectivity index (χ3v) is 8.48. The molecular weight excluding hydrogens is 426 g/mol. The molecule has 5 rings (SSSR count). The van der Waals surface area contributed by atoms with E-state index in [0.29, 0.717) is 24.4 Å². The number of fused-ring (bicyclic) bond motifs is 3. The topological polar surface area (TPSA) is 82.7 Å². The maximum Gasteiger partial charge on any atom is 0.253 e. The molecule has 0 saturated carbocycles. The van der Waals surface area contributed by atoms with Crippen molar-refractivity contribution in [2.75, 3.05) is 33.3 Å². The van der Waals surface area contributed by atoms with Crippen LogP contribution in [0.5, 0.6) is 5.75 Å². The Morgan fingerprint density at radius 1 is 0.969 bits per heavy atom. The van der Waals surface area contributed by atoms with Gasteiger partial charge in [-0.3, -0.25) is 4.79 Å². The summed E-state index contributed by atoms with van der Waals surface area (Å²) in [6.45, 7) is 1.30. The van der Waals surface area contributed by atoms with Gasteiger partial charge < -0.3 is 14.6 Å². The number of aryl methyl sites for hydroxylation is 2. The Morgan fingerprint density at radius 3 is 2.41 bits per heavy atom. The molecule has 1 aliphatic heterocycles. The highest BCUT2D eigenvalue weighted by Gasteiger charge is 2.30. The summed E-state index contributed by atoms with van der Waals surface area (Å²) in [4.78, 5) is 18.7. The maximum absolute atomic E-state index is 13.2. The van der Waals surface area contributed by atoms with E-state index in [-0.39, 0.29) is 23.9 Å². The van der Waals surface area contributed by atoms with Gasteiger partial charge in [0, 0.05) is 48.3 Å². The van der Waals surface area contributed by atoms with Crippen molar-refractivity contribution in [2.45, 2.75) is 30.6 Å². The number of nitrogens with one attached hydrogen (secondary N) is 1. The van der Waals surface area contributed by atoms with Gasteiger partial charge in [-0.15, -0.1) is 0 Å². The highest BCUT2D eigenvalue weighted by molar-refractivity contribution is 7.89. The average molecular weight is 454 g/mol. The van der Waals surface area contributed by atoms with Crippen LogP contribution in [-0.4, -0.2) is 61.8 Å². The lowest BCUT2D eigenvalue weighted by Crippen LogP contribution is -2.50. The number of nitrogens with zero attached hydrogens (tertiary/aromatic N) is 2. The fraction of sp³-hybridized carbons (Fsp3) is 0.375. The third-order valence-electron chi connectivity index (χ3n) is 6.57. The van der Waals surface area contributed by atoms with E-state index >= 15 is 0 Å². The number of carbonyl (C=O) groups excluding carboxylic acids is 1. The first kappa shape index (κ1) is 21.0. The molecule has 0 radical (unpaired) electrons. The van der Waals surface area contributed by atoms with Crippen LogP contribution < -0.4 is 4.74 Å². The number of benzene rings is 2. The summed E-state index contributed by atoms with van der Waals surface area (Å²) in [6.07, 6.45) is 4.50. The van der Waals surface area contributed by atoms with Crippen LogP contribution in [-0.2, 0) is 22.9 Å². The Hall–Kier alpha value is -2.84. The molecule has 2 heterocycles. The van der Waals surface area contributed by atoms with Crippen molar-refractivity contribution in [2.24, 2.45) is 0 Å². The van der Waals surface area contributed by atoms with Gasteiger partial charge in [-0.25, -0.2) is 8.42 Å². The minimum absolute atomic E-state index is 0.0424. The number of hydrogen-bond acceptors (Lipinski definition) is 4. The first-order valence-corrected chi connectivity index (χ1v) is 12.5. The molecule has 7 nitrogen and oxygen atoms in total. The zero-order valence-electron chi connectivity index (χ0n) is 18.1. The lowest BCUT2D eigenvalue weighted by atomic mass is 9.95. The molecule has 168 valence electrons. The van der Waals surface area contributed by atoms with Crippen LogP contribution in [0.1, 0.15) is 34.5 Å². The summed E-state index contributed by atoms with van der Waals surface area (Å²) < 4.78 is 32.5. The monoisotopic (exact) mass is 453 g/mol. The van der Waals surface area contributed by atoms with Crippen molar-refractivity contribution in [3.05, 3.63) is 59.3 Å². The van der Waals surface area contributed by atoms with Gasteiger partial charge in [0.25, 0.3) is 5.91 Å². The summed E-state index contributed by atoms with van der Waals surface area (Å²) in [5, 5.41) is 1.14. The molecule has 0 bridgehead atoms. The summed E-state index contributed by atoms with van der Waals surface area (Å²) >= 11 is 0. The highest BCUT2D eigenvalue weighted by Crippen LogP contribution is 2.30. The second kappa shape index (κ2) is 8.26. The van der Waals surface area contributed by atoms with Crippen molar-refractivity contribution >= 4 is 26.8 Å². The Kier molecular flexibility index (Phi) is 5.43. The van der Waals surface area contributed by atoms with Gasteiger partial charge in [0.05, 0.1) is 12.0 Å². The van der Waals surface area contributed by atoms with E-state index in [9.17, 15) is 13.2 Å². The van der Waals surface area contributed by atoms with Crippen molar-refractivity contribution in [3.63, 3.8) is 0 Å². The Morgan fingerprint density at radius 2 is 1.69 bits per heavy atom. The fourth-order valence-electron chi connectivity index (χ4n) is 4.75. The van der Waals surface area contributed by atoms with E-state index in [2.05, 4.69) is 4.98 Å². The van der Waals surface area contributed by atoms with Crippen molar-refractivity contribution in [1.82, 2.24) is 14.2 Å². The molecule has 1 N–H and O–H groups in total. The van der Waals surface area contributed by atoms with Crippen LogP contribution in [0.2, 0.25) is 0 Å². The van der Waals surface area contributed by atoms with Gasteiger partial charge in [-0.1, -0.05) is 0 Å². The van der Waals surface area contributed by atoms with Crippen LogP contribution in [0.3, 0.4) is 0 Å². The van der Waals surface area contributed by atoms with Crippen molar-refractivity contribution in [3.8, 4) is 5.75 Å². The Balaban J connectivity index is 1.30. The first-order valence-electron chi connectivity index (χ1n) is 11.0. The molecule has 1 fully saturated rings. The molecule has 3 aromatic rings. The van der Waals surface area contributed by atoms with Gasteiger partial charge in [0.1, 0.15) is 5.75 Å². The van der Waals surface area contributed by atoms with Crippen LogP contribution >= 0.6 is 0 Å². The third kappa shape index (κ3) is 3.67. The smallest absolute Gasteiger partial charge is 0.253 e. The van der Waals surface area contributed by atoms with E-state index in [0.717, 1.165) is 23.7 Å². The van der Waals surface area contributed by atoms with Gasteiger partial charge >= 0.3 is 0 Å². The molecule has 0 unspecified atom stereocenters. The summed E-state index contributed by atoms with van der Waals surface area (Å²) in [7, 11) is -2.05. The zero-order valence-corrected chi connectivity index (χ0v) is 19.0. The fourth-order valence-corrected chi connectivity index (χ4v) is 6.17. The number of H-pyrrole nitrogens is 1. The summed E-state index contributed by atoms with van der Waals surface area (Å²) in [5.41, 5.74) is 4.39. The van der Waals surface area contributed by atoms with Crippen LogP contribution in [0.4, 0.5) is 0 Å². The number of carbonyl (C=O) groups is 1. The number of aromatic nitrogens is 1. The van der Waals surface area contributed by atoms with Crippen LogP contribution in [0.15, 0.2) is 47.4 Å². The Bertz CT molecular complexity index is 1260. The average Bonchev–Trinajstić information content (AvgIpc) is 3.21. The molecule has 1 aliphatic carbocycles. The second-order valence-electron chi connectivity index (χ2n) is 8.42. The van der Waals surface area contributed by atoms with Gasteiger partial charge in [-0.05, 0) is 73.7 Å². The molecule has 0 spiro atoms. The maximum atomic E-state index is 13.2. The molecule has 1 amide bonds. The normalized spacial score (nSPS) is 17.3. The number of amides is 1. The highest BCUT2D eigenvalue weighted by atomic mass is 32.2. The van der Waals surface area contributed by atoms with E-state index in [1.807, 2.05) is 18.2 Å². The quantitative estimate of drug-likeness (QED) is 0.658. The van der Waals surface area contributed by atoms with Crippen LogP contribution in [0.25, 0.3) is 10.9 Å². The standard InChI is InChI=1S/C24H27N3O4S/c1-31-18-7-9-19(10-8-18)32(29,30)27-14-12-26(13-15-27)24(28)17-6-11-23-21(16-17)20-4-2-3-5-22(20)25-23/h6-11,16,25H,2-5,12-15H2,1H3. The molecule has 32 heavy (non-hydrogen) atoms. The lowest BCUT2D eigenvalue weighted by Gasteiger charge is -2.34. The number of sulfonamides is 1. The SMILES string of the molecule is COc1ccc(S(=O)(=O)N2CCN(C(=O)c3ccc4[nH]c5c(c4c3)CCCC5)CC2)cc1. The van der Waals surface area contributed by atoms with Gasteiger partial charge in [0.15, 0.2) is 0 Å². The lowest BCUT2D eigenvalue weighted by molar-refractivity contribution is 0.0698.